The van der Waals surface area contributed by atoms with E-state index in [-0.39, 0.29) is 52.6 Å². The lowest BCUT2D eigenvalue weighted by atomic mass is 9.57. The first-order chi connectivity index (χ1) is 27.6. The van der Waals surface area contributed by atoms with E-state index >= 15 is 0 Å². The lowest BCUT2D eigenvalue weighted by Gasteiger charge is -2.58. The van der Waals surface area contributed by atoms with Crippen LogP contribution < -0.4 is 11.9 Å². The molecule has 3 heterocycles. The Bertz CT molecular complexity index is 1670. The zero-order valence-electron chi connectivity index (χ0n) is 39.2. The topological polar surface area (TPSA) is 262 Å². The summed E-state index contributed by atoms with van der Waals surface area (Å²) in [5.74, 6) is 1.11. The molecule has 0 radical (unpaired) electrons. The number of hydrogen-bond acceptors (Lipinski definition) is 13. The molecular formula is C43H76N7O11P. The predicted molar refractivity (Wildman–Crippen MR) is 235 cm³/mol. The standard InChI is InChI=1S/C13H24N2O2.C13H18N2O2.C11H17NO3.C6H12NO3P.H3N.H2O/c2*1-12(2,3)17-11(16)15-8-13(9-15)6-10(7-13)4-5-14;1-10(2,3)15-9(14)12-6-11(7-12)4-8(13)5-11;1-4-9-11(8,6-7-3)10-5-2;;/h10H,4-9,14H2,1-3H3;4H,6-9H2,1-3H3;4-7H2,1-3H3;4-6H2,1-2H3;1H3;1H2. The second-order valence-electron chi connectivity index (χ2n) is 20.3. The van der Waals surface area contributed by atoms with Gasteiger partial charge in [0.05, 0.1) is 19.3 Å². The van der Waals surface area contributed by atoms with E-state index in [0.29, 0.717) is 50.3 Å². The Hall–Kier alpha value is -3.77. The van der Waals surface area contributed by atoms with Gasteiger partial charge in [-0.1, -0.05) is 5.57 Å². The summed E-state index contributed by atoms with van der Waals surface area (Å²) in [5, 5.41) is 8.52. The number of amides is 3. The van der Waals surface area contributed by atoms with Crippen molar-refractivity contribution in [1.29, 1.82) is 5.26 Å². The monoisotopic (exact) mass is 898 g/mol. The van der Waals surface area contributed by atoms with Crippen LogP contribution in [0.25, 0.3) is 4.85 Å². The molecular weight excluding hydrogens is 821 g/mol. The maximum atomic E-state index is 11.8. The minimum atomic E-state index is -3.07. The number of ether oxygens (including phenoxy) is 3. The van der Waals surface area contributed by atoms with Gasteiger partial charge in [-0.05, 0) is 121 Å². The molecule has 3 aliphatic carbocycles. The van der Waals surface area contributed by atoms with Crippen molar-refractivity contribution in [1.82, 2.24) is 20.9 Å². The molecule has 0 aromatic carbocycles. The average molecular weight is 898 g/mol. The van der Waals surface area contributed by atoms with Crippen molar-refractivity contribution >= 4 is 31.7 Å². The third-order valence-electron chi connectivity index (χ3n) is 10.6. The first kappa shape index (κ1) is 56.2. The molecule has 62 heavy (non-hydrogen) atoms. The van der Waals surface area contributed by atoms with Crippen LogP contribution in [0.1, 0.15) is 121 Å². The summed E-state index contributed by atoms with van der Waals surface area (Å²) in [4.78, 5) is 54.1. The molecule has 0 unspecified atom stereocenters. The van der Waals surface area contributed by atoms with Crippen molar-refractivity contribution in [2.24, 2.45) is 27.9 Å². The Kier molecular flexibility index (Phi) is 20.2. The van der Waals surface area contributed by atoms with Gasteiger partial charge < -0.3 is 60.2 Å². The molecule has 6 fully saturated rings. The zero-order chi connectivity index (χ0) is 45.4. The van der Waals surface area contributed by atoms with Crippen molar-refractivity contribution in [2.75, 3.05) is 65.3 Å². The molecule has 7 N–H and O–H groups in total. The first-order valence-corrected chi connectivity index (χ1v) is 22.8. The van der Waals surface area contributed by atoms with Crippen LogP contribution in [0.2, 0.25) is 0 Å². The molecule has 3 spiro atoms. The Morgan fingerprint density at radius 2 is 1.13 bits per heavy atom. The summed E-state index contributed by atoms with van der Waals surface area (Å²) in [6, 6.07) is 2.05. The number of hydrogen-bond donors (Lipinski definition) is 2. The van der Waals surface area contributed by atoms with Gasteiger partial charge >= 0.3 is 32.2 Å². The van der Waals surface area contributed by atoms with Gasteiger partial charge in [0, 0.05) is 74.4 Å². The van der Waals surface area contributed by atoms with Crippen LogP contribution in [0.15, 0.2) is 11.6 Å². The zero-order valence-corrected chi connectivity index (χ0v) is 40.1. The van der Waals surface area contributed by atoms with E-state index in [1.165, 1.54) is 18.4 Å². The van der Waals surface area contributed by atoms with Crippen LogP contribution in [-0.2, 0) is 32.6 Å². The number of carbonyl (C=O) groups is 4. The third kappa shape index (κ3) is 16.7. The summed E-state index contributed by atoms with van der Waals surface area (Å²) >= 11 is 0. The molecule has 19 heteroatoms. The molecule has 6 aliphatic rings. The van der Waals surface area contributed by atoms with Crippen molar-refractivity contribution in [3.63, 3.8) is 0 Å². The second-order valence-corrected chi connectivity index (χ2v) is 22.3. The molecule has 3 saturated carbocycles. The van der Waals surface area contributed by atoms with Crippen molar-refractivity contribution in [3.05, 3.63) is 23.1 Å². The molecule has 0 aromatic heterocycles. The van der Waals surface area contributed by atoms with Gasteiger partial charge in [-0.25, -0.2) is 21.0 Å². The van der Waals surface area contributed by atoms with Gasteiger partial charge in [0.1, 0.15) is 22.6 Å². The average Bonchev–Trinajstić information content (AvgIpc) is 2.97. The second kappa shape index (κ2) is 22.2. The van der Waals surface area contributed by atoms with Gasteiger partial charge in [0.25, 0.3) is 0 Å². The number of carbonyl (C=O) groups excluding carboxylic acids is 4. The van der Waals surface area contributed by atoms with Gasteiger partial charge in [-0.3, -0.25) is 9.36 Å². The number of rotatable bonds is 7. The molecule has 0 bridgehead atoms. The number of likely N-dealkylation sites (tertiary alicyclic amines) is 3. The normalized spacial score (nSPS) is 19.8. The Morgan fingerprint density at radius 3 is 1.42 bits per heavy atom. The fourth-order valence-electron chi connectivity index (χ4n) is 8.46. The van der Waals surface area contributed by atoms with E-state index in [1.807, 2.05) is 67.2 Å². The Balaban J connectivity index is 0.000000414. The molecule has 6 rings (SSSR count). The van der Waals surface area contributed by atoms with Crippen LogP contribution in [0, 0.1) is 40.1 Å². The molecule has 0 aromatic rings. The fraction of sp³-hybridized carbons (Fsp3) is 0.814. The van der Waals surface area contributed by atoms with E-state index in [1.54, 1.807) is 29.7 Å². The lowest BCUT2D eigenvalue weighted by molar-refractivity contribution is -0.144. The third-order valence-corrected chi connectivity index (χ3v) is 12.4. The van der Waals surface area contributed by atoms with Gasteiger partial charge in [0.15, 0.2) is 0 Å². The van der Waals surface area contributed by atoms with Crippen molar-refractivity contribution < 1.29 is 52.5 Å². The highest BCUT2D eigenvalue weighted by Gasteiger charge is 2.55. The van der Waals surface area contributed by atoms with Crippen molar-refractivity contribution in [2.45, 2.75) is 138 Å². The number of nitrogens with two attached hydrogens (primary N) is 1. The largest absolute Gasteiger partial charge is 0.444 e. The van der Waals surface area contributed by atoms with E-state index in [9.17, 15) is 23.7 Å². The van der Waals surface area contributed by atoms with Crippen LogP contribution >= 0.6 is 7.60 Å². The Labute approximate surface area is 369 Å². The molecule has 0 atom stereocenters. The molecule has 18 nitrogen and oxygen atoms in total. The Morgan fingerprint density at radius 1 is 0.774 bits per heavy atom. The fourth-order valence-corrected chi connectivity index (χ4v) is 9.65. The summed E-state index contributed by atoms with van der Waals surface area (Å²) < 4.78 is 36.9. The van der Waals surface area contributed by atoms with Crippen LogP contribution in [0.5, 0.6) is 0 Å². The van der Waals surface area contributed by atoms with Gasteiger partial charge in [-0.15, -0.1) is 0 Å². The van der Waals surface area contributed by atoms with E-state index in [0.717, 1.165) is 57.9 Å². The maximum Gasteiger partial charge on any atom is 0.410 e. The predicted octanol–water partition coefficient (Wildman–Crippen LogP) is 7.50. The SMILES string of the molecule is CC(C)(C)OC(=O)N1CC2(CC(=CC#N)C2)C1.CC(C)(C)OC(=O)N1CC2(CC(=O)C2)C1.CC(C)(C)OC(=O)N1CC2(CC(CCN)C2)C1.N.O.[C-]#[N+]CP(=O)(OCC)OCC. The van der Waals surface area contributed by atoms with E-state index < -0.39 is 18.8 Å². The smallest absolute Gasteiger partial charge is 0.410 e. The molecule has 3 aliphatic heterocycles. The summed E-state index contributed by atoms with van der Waals surface area (Å²) in [7, 11) is -3.07. The maximum absolute atomic E-state index is 11.8. The number of Topliss-reactive ketones (excluding diaryl/α,β-unsaturated/α-hetero) is 1. The minimum absolute atomic E-state index is 0. The highest BCUT2D eigenvalue weighted by atomic mass is 31.2. The van der Waals surface area contributed by atoms with Crippen LogP contribution in [0.4, 0.5) is 14.4 Å². The van der Waals surface area contributed by atoms with E-state index in [2.05, 4.69) is 10.9 Å². The van der Waals surface area contributed by atoms with E-state index in [4.69, 9.17) is 40.8 Å². The number of allylic oxidation sites excluding steroid dienone is 2. The van der Waals surface area contributed by atoms with Gasteiger partial charge in [0.2, 0.25) is 0 Å². The van der Waals surface area contributed by atoms with Gasteiger partial charge in [-0.2, -0.15) is 5.26 Å². The molecule has 3 saturated heterocycles. The summed E-state index contributed by atoms with van der Waals surface area (Å²) in [5.41, 5.74) is 6.29. The minimum Gasteiger partial charge on any atom is -0.444 e. The number of nitrogens with zero attached hydrogens (tertiary/aromatic N) is 5. The number of ketones is 1. The quantitative estimate of drug-likeness (QED) is 0.109. The first-order valence-electron chi connectivity index (χ1n) is 21.1. The lowest BCUT2D eigenvalue weighted by Crippen LogP contribution is -2.64. The highest BCUT2D eigenvalue weighted by Crippen LogP contribution is 2.54. The summed E-state index contributed by atoms with van der Waals surface area (Å²) in [6.07, 6.45) is 7.62. The summed E-state index contributed by atoms with van der Waals surface area (Å²) in [6.45, 7) is 32.9. The highest BCUT2D eigenvalue weighted by molar-refractivity contribution is 7.54. The molecule has 3 amide bonds. The van der Waals surface area contributed by atoms with Crippen LogP contribution in [0.3, 0.4) is 0 Å². The number of nitriles is 1. The molecule has 354 valence electrons. The van der Waals surface area contributed by atoms with Crippen molar-refractivity contribution in [3.8, 4) is 6.07 Å². The van der Waals surface area contributed by atoms with Crippen LogP contribution in [-0.4, -0.2) is 126 Å².